The van der Waals surface area contributed by atoms with Crippen molar-refractivity contribution in [3.05, 3.63) is 63.6 Å². The molecule has 4 aromatic rings. The number of nitrogens with zero attached hydrogens (tertiary/aromatic N) is 3. The van der Waals surface area contributed by atoms with Crippen LogP contribution < -0.4 is 10.5 Å². The molecule has 148 valence electrons. The lowest BCUT2D eigenvalue weighted by molar-refractivity contribution is -0.117. The van der Waals surface area contributed by atoms with Gasteiger partial charge in [0, 0.05) is 35.6 Å². The Hall–Kier alpha value is -2.42. The SMILES string of the molecule is CC(Sc1nc2scc(-c3cccs3)c2c(=O)n1C)C(=O)N(C)c1ccccc1. The van der Waals surface area contributed by atoms with E-state index in [1.807, 2.05) is 60.1 Å². The van der Waals surface area contributed by atoms with Gasteiger partial charge in [-0.05, 0) is 30.5 Å². The minimum atomic E-state index is -0.382. The van der Waals surface area contributed by atoms with Gasteiger partial charge in [-0.2, -0.15) is 0 Å². The van der Waals surface area contributed by atoms with E-state index in [0.717, 1.165) is 16.1 Å². The number of carbonyl (C=O) groups excluding carboxylic acids is 1. The Bertz CT molecular complexity index is 1210. The molecule has 1 unspecified atom stereocenters. The topological polar surface area (TPSA) is 55.2 Å². The average Bonchev–Trinajstić information content (AvgIpc) is 3.41. The van der Waals surface area contributed by atoms with Gasteiger partial charge in [0.2, 0.25) is 5.91 Å². The molecule has 0 spiro atoms. The van der Waals surface area contributed by atoms with E-state index in [2.05, 4.69) is 0 Å². The molecule has 3 aromatic heterocycles. The van der Waals surface area contributed by atoms with Crippen molar-refractivity contribution in [2.45, 2.75) is 17.3 Å². The Morgan fingerprint density at radius 2 is 1.93 bits per heavy atom. The summed E-state index contributed by atoms with van der Waals surface area (Å²) in [7, 11) is 3.47. The number of anilines is 1. The third-order valence-electron chi connectivity index (χ3n) is 4.66. The molecule has 0 saturated carbocycles. The Labute approximate surface area is 180 Å². The van der Waals surface area contributed by atoms with Crippen LogP contribution in [0.25, 0.3) is 20.7 Å². The van der Waals surface area contributed by atoms with Crippen LogP contribution in [-0.4, -0.2) is 27.8 Å². The summed E-state index contributed by atoms with van der Waals surface area (Å²) in [6.45, 7) is 1.84. The molecule has 0 aliphatic heterocycles. The summed E-state index contributed by atoms with van der Waals surface area (Å²) in [4.78, 5) is 34.0. The van der Waals surface area contributed by atoms with Crippen LogP contribution in [0.2, 0.25) is 0 Å². The van der Waals surface area contributed by atoms with Gasteiger partial charge in [0.05, 0.1) is 10.6 Å². The number of fused-ring (bicyclic) bond motifs is 1. The fourth-order valence-corrected chi connectivity index (χ4v) is 5.80. The molecule has 0 aliphatic carbocycles. The summed E-state index contributed by atoms with van der Waals surface area (Å²) < 4.78 is 1.54. The van der Waals surface area contributed by atoms with Gasteiger partial charge in [-0.15, -0.1) is 22.7 Å². The molecule has 0 aliphatic rings. The summed E-state index contributed by atoms with van der Waals surface area (Å²) >= 11 is 4.37. The van der Waals surface area contributed by atoms with Gasteiger partial charge >= 0.3 is 0 Å². The second-order valence-electron chi connectivity index (χ2n) is 6.56. The van der Waals surface area contributed by atoms with Crippen LogP contribution in [0.4, 0.5) is 5.69 Å². The predicted molar refractivity (Wildman–Crippen MR) is 123 cm³/mol. The van der Waals surface area contributed by atoms with Crippen LogP contribution in [0.1, 0.15) is 6.92 Å². The van der Waals surface area contributed by atoms with Crippen molar-refractivity contribution in [1.82, 2.24) is 9.55 Å². The molecule has 1 aromatic carbocycles. The van der Waals surface area contributed by atoms with Gasteiger partial charge in [-0.3, -0.25) is 14.2 Å². The first-order valence-corrected chi connectivity index (χ1v) is 11.6. The fraction of sp³-hybridized carbons (Fsp3) is 0.190. The van der Waals surface area contributed by atoms with Gasteiger partial charge in [0.1, 0.15) is 4.83 Å². The van der Waals surface area contributed by atoms with Gasteiger partial charge in [-0.25, -0.2) is 4.98 Å². The maximum Gasteiger partial charge on any atom is 0.263 e. The fourth-order valence-electron chi connectivity index (χ4n) is 3.03. The van der Waals surface area contributed by atoms with Gasteiger partial charge in [0.15, 0.2) is 5.16 Å². The number of carbonyl (C=O) groups is 1. The van der Waals surface area contributed by atoms with Crippen molar-refractivity contribution in [2.75, 3.05) is 11.9 Å². The molecular weight excluding hydrogens is 422 g/mol. The number of rotatable bonds is 5. The predicted octanol–water partition coefficient (Wildman–Crippen LogP) is 4.87. The van der Waals surface area contributed by atoms with Crippen LogP contribution in [0.15, 0.2) is 63.2 Å². The minimum absolute atomic E-state index is 0.0407. The second kappa shape index (κ2) is 8.14. The van der Waals surface area contributed by atoms with E-state index in [1.165, 1.54) is 23.1 Å². The van der Waals surface area contributed by atoms with Crippen LogP contribution >= 0.6 is 34.4 Å². The number of aromatic nitrogens is 2. The van der Waals surface area contributed by atoms with Crippen LogP contribution in [0, 0.1) is 0 Å². The highest BCUT2D eigenvalue weighted by molar-refractivity contribution is 8.00. The zero-order valence-electron chi connectivity index (χ0n) is 16.2. The number of amides is 1. The molecule has 5 nitrogen and oxygen atoms in total. The summed E-state index contributed by atoms with van der Waals surface area (Å²) in [5.74, 6) is -0.0407. The summed E-state index contributed by atoms with van der Waals surface area (Å²) in [5, 5.41) is 4.79. The third-order valence-corrected chi connectivity index (χ3v) is 7.57. The normalized spacial score (nSPS) is 12.2. The van der Waals surface area contributed by atoms with Crippen molar-refractivity contribution in [3.8, 4) is 10.4 Å². The lowest BCUT2D eigenvalue weighted by atomic mass is 10.2. The number of hydrogen-bond acceptors (Lipinski definition) is 6. The lowest BCUT2D eigenvalue weighted by Crippen LogP contribution is -2.33. The van der Waals surface area contributed by atoms with Crippen LogP contribution in [-0.2, 0) is 11.8 Å². The van der Waals surface area contributed by atoms with Crippen LogP contribution in [0.5, 0.6) is 0 Å². The average molecular weight is 442 g/mol. The third kappa shape index (κ3) is 3.75. The summed E-state index contributed by atoms with van der Waals surface area (Å²) in [6.07, 6.45) is 0. The van der Waals surface area contributed by atoms with E-state index < -0.39 is 0 Å². The first kappa shape index (κ1) is 19.9. The van der Waals surface area contributed by atoms with Gasteiger partial charge in [-0.1, -0.05) is 36.0 Å². The number of para-hydroxylation sites is 1. The lowest BCUT2D eigenvalue weighted by Gasteiger charge is -2.21. The van der Waals surface area contributed by atoms with E-state index >= 15 is 0 Å². The highest BCUT2D eigenvalue weighted by atomic mass is 32.2. The number of hydrogen-bond donors (Lipinski definition) is 0. The maximum atomic E-state index is 13.1. The summed E-state index contributed by atoms with van der Waals surface area (Å²) in [5.41, 5.74) is 1.68. The highest BCUT2D eigenvalue weighted by Gasteiger charge is 2.23. The van der Waals surface area contributed by atoms with Gasteiger partial charge in [0.25, 0.3) is 5.56 Å². The quantitative estimate of drug-likeness (QED) is 0.328. The van der Waals surface area contributed by atoms with Crippen molar-refractivity contribution >= 4 is 56.2 Å². The first-order valence-electron chi connectivity index (χ1n) is 8.98. The van der Waals surface area contributed by atoms with E-state index in [0.29, 0.717) is 15.4 Å². The Balaban J connectivity index is 1.64. The Kier molecular flexibility index (Phi) is 5.58. The van der Waals surface area contributed by atoms with Crippen molar-refractivity contribution < 1.29 is 4.79 Å². The van der Waals surface area contributed by atoms with E-state index in [4.69, 9.17) is 4.98 Å². The van der Waals surface area contributed by atoms with E-state index in [1.54, 1.807) is 34.9 Å². The minimum Gasteiger partial charge on any atom is -0.315 e. The number of thiophene rings is 2. The molecule has 0 saturated heterocycles. The van der Waals surface area contributed by atoms with Gasteiger partial charge < -0.3 is 4.90 Å². The molecule has 1 atom stereocenters. The summed E-state index contributed by atoms with van der Waals surface area (Å²) in [6, 6.07) is 13.5. The zero-order valence-corrected chi connectivity index (χ0v) is 18.6. The number of thioether (sulfide) groups is 1. The molecule has 29 heavy (non-hydrogen) atoms. The maximum absolute atomic E-state index is 13.1. The monoisotopic (exact) mass is 441 g/mol. The molecule has 1 amide bonds. The molecule has 0 fully saturated rings. The van der Waals surface area contributed by atoms with E-state index in [9.17, 15) is 9.59 Å². The largest absolute Gasteiger partial charge is 0.315 e. The van der Waals surface area contributed by atoms with E-state index in [-0.39, 0.29) is 16.7 Å². The van der Waals surface area contributed by atoms with Crippen molar-refractivity contribution in [3.63, 3.8) is 0 Å². The number of benzene rings is 1. The molecular formula is C21H19N3O2S3. The Morgan fingerprint density at radius 3 is 2.62 bits per heavy atom. The van der Waals surface area contributed by atoms with Crippen molar-refractivity contribution in [2.24, 2.45) is 7.05 Å². The Morgan fingerprint density at radius 1 is 1.17 bits per heavy atom. The molecule has 0 radical (unpaired) electrons. The molecule has 8 heteroatoms. The van der Waals surface area contributed by atoms with Crippen molar-refractivity contribution in [1.29, 1.82) is 0 Å². The second-order valence-corrected chi connectivity index (χ2v) is 9.67. The highest BCUT2D eigenvalue weighted by Crippen LogP contribution is 2.35. The zero-order chi connectivity index (χ0) is 20.5. The molecule has 3 heterocycles. The standard InChI is InChI=1S/C21H19N3O2S3/c1-13(19(25)23(2)14-8-5-4-6-9-14)29-21-22-18-17(20(26)24(21)3)15(12-28-18)16-10-7-11-27-16/h4-13H,1-3H3. The van der Waals surface area contributed by atoms with Crippen LogP contribution in [0.3, 0.4) is 0 Å². The smallest absolute Gasteiger partial charge is 0.263 e. The first-order chi connectivity index (χ1) is 14.0. The molecule has 0 bridgehead atoms. The molecule has 4 rings (SSSR count). The molecule has 0 N–H and O–H groups in total.